The van der Waals surface area contributed by atoms with Gasteiger partial charge in [-0.3, -0.25) is 4.79 Å². The van der Waals surface area contributed by atoms with E-state index in [1.54, 1.807) is 0 Å². The monoisotopic (exact) mass is 333 g/mol. The molecule has 0 radical (unpaired) electrons. The molecule has 0 aromatic heterocycles. The zero-order chi connectivity index (χ0) is 17.5. The largest absolute Gasteiger partial charge is 0.492 e. The average Bonchev–Trinajstić information content (AvgIpc) is 2.55. The van der Waals surface area contributed by atoms with Gasteiger partial charge in [0, 0.05) is 0 Å². The van der Waals surface area contributed by atoms with E-state index < -0.39 is 0 Å². The molecule has 0 saturated heterocycles. The molecule has 4 nitrogen and oxygen atoms in total. The lowest BCUT2D eigenvalue weighted by atomic mass is 9.75. The molecular formula is C20H31NO3. The molecule has 0 aliphatic heterocycles. The van der Waals surface area contributed by atoms with Crippen molar-refractivity contribution in [3.8, 4) is 5.75 Å². The number of ether oxygens (including phenoxy) is 2. The minimum Gasteiger partial charge on any atom is -0.492 e. The molecule has 0 unspecified atom stereocenters. The van der Waals surface area contributed by atoms with Gasteiger partial charge in [-0.15, -0.1) is 0 Å². The van der Waals surface area contributed by atoms with Crippen LogP contribution < -0.4 is 10.1 Å². The summed E-state index contributed by atoms with van der Waals surface area (Å²) in [5, 5.41) is 2.90. The Morgan fingerprint density at radius 1 is 1.29 bits per heavy atom. The third-order valence-electron chi connectivity index (χ3n) is 4.85. The van der Waals surface area contributed by atoms with Crippen molar-refractivity contribution < 1.29 is 14.3 Å². The Kier molecular flexibility index (Phi) is 7.10. The molecule has 0 heterocycles. The molecule has 134 valence electrons. The van der Waals surface area contributed by atoms with Gasteiger partial charge in [0.2, 0.25) is 5.91 Å². The SMILES string of the molecule is CCOc1ccccc1NC(=O)CO[C@@H]1C[C@H](C)CC[C@H]1C(C)C. The van der Waals surface area contributed by atoms with Crippen LogP contribution in [-0.4, -0.2) is 25.2 Å². The molecule has 1 fully saturated rings. The summed E-state index contributed by atoms with van der Waals surface area (Å²) < 4.78 is 11.5. The third kappa shape index (κ3) is 5.23. The molecule has 1 amide bonds. The lowest BCUT2D eigenvalue weighted by Gasteiger charge is -2.37. The summed E-state index contributed by atoms with van der Waals surface area (Å²) in [6, 6.07) is 7.49. The summed E-state index contributed by atoms with van der Waals surface area (Å²) in [6.45, 7) is 9.36. The molecule has 24 heavy (non-hydrogen) atoms. The first-order chi connectivity index (χ1) is 11.5. The second kappa shape index (κ2) is 9.07. The van der Waals surface area contributed by atoms with E-state index in [-0.39, 0.29) is 18.6 Å². The van der Waals surface area contributed by atoms with E-state index in [0.29, 0.717) is 35.8 Å². The Morgan fingerprint density at radius 2 is 2.04 bits per heavy atom. The Bertz CT molecular complexity index is 529. The van der Waals surface area contributed by atoms with Crippen LogP contribution in [0.1, 0.15) is 47.0 Å². The zero-order valence-corrected chi connectivity index (χ0v) is 15.4. The summed E-state index contributed by atoms with van der Waals surface area (Å²) >= 11 is 0. The van der Waals surface area contributed by atoms with Crippen LogP contribution >= 0.6 is 0 Å². The first kappa shape index (κ1) is 18.8. The quantitative estimate of drug-likeness (QED) is 0.799. The van der Waals surface area contributed by atoms with Gasteiger partial charge in [0.25, 0.3) is 0 Å². The van der Waals surface area contributed by atoms with Gasteiger partial charge in [-0.1, -0.05) is 39.3 Å². The number of carbonyl (C=O) groups excluding carboxylic acids is 1. The second-order valence-corrected chi connectivity index (χ2v) is 7.15. The summed E-state index contributed by atoms with van der Waals surface area (Å²) in [7, 11) is 0. The number of anilines is 1. The number of para-hydroxylation sites is 2. The molecule has 1 aliphatic carbocycles. The number of amides is 1. The summed E-state index contributed by atoms with van der Waals surface area (Å²) in [4.78, 5) is 12.3. The summed E-state index contributed by atoms with van der Waals surface area (Å²) in [6.07, 6.45) is 3.68. The Balaban J connectivity index is 1.90. The van der Waals surface area contributed by atoms with Crippen LogP contribution in [0.5, 0.6) is 5.75 Å². The van der Waals surface area contributed by atoms with Crippen molar-refractivity contribution in [2.24, 2.45) is 17.8 Å². The molecule has 1 aliphatic rings. The van der Waals surface area contributed by atoms with Gasteiger partial charge in [-0.05, 0) is 49.7 Å². The van der Waals surface area contributed by atoms with Gasteiger partial charge in [0.1, 0.15) is 12.4 Å². The highest BCUT2D eigenvalue weighted by Gasteiger charge is 2.31. The normalized spacial score (nSPS) is 24.0. The van der Waals surface area contributed by atoms with E-state index in [1.165, 1.54) is 12.8 Å². The lowest BCUT2D eigenvalue weighted by molar-refractivity contribution is -0.126. The van der Waals surface area contributed by atoms with Crippen LogP contribution in [0.2, 0.25) is 0 Å². The zero-order valence-electron chi connectivity index (χ0n) is 15.4. The third-order valence-corrected chi connectivity index (χ3v) is 4.85. The van der Waals surface area contributed by atoms with E-state index in [1.807, 2.05) is 31.2 Å². The number of rotatable bonds is 7. The topological polar surface area (TPSA) is 47.6 Å². The minimum absolute atomic E-state index is 0.0983. The van der Waals surface area contributed by atoms with Crippen molar-refractivity contribution in [3.63, 3.8) is 0 Å². The van der Waals surface area contributed by atoms with Crippen molar-refractivity contribution in [3.05, 3.63) is 24.3 Å². The molecule has 1 aromatic rings. The van der Waals surface area contributed by atoms with Crippen LogP contribution in [0, 0.1) is 17.8 Å². The molecule has 0 bridgehead atoms. The molecule has 1 N–H and O–H groups in total. The first-order valence-corrected chi connectivity index (χ1v) is 9.14. The smallest absolute Gasteiger partial charge is 0.250 e. The number of carbonyl (C=O) groups is 1. The van der Waals surface area contributed by atoms with Crippen LogP contribution in [0.4, 0.5) is 5.69 Å². The maximum Gasteiger partial charge on any atom is 0.250 e. The van der Waals surface area contributed by atoms with Gasteiger partial charge in [0.15, 0.2) is 0 Å². The molecule has 4 heteroatoms. The Labute approximate surface area is 145 Å². The lowest BCUT2D eigenvalue weighted by Crippen LogP contribution is -2.36. The van der Waals surface area contributed by atoms with Crippen LogP contribution in [0.25, 0.3) is 0 Å². The molecule has 2 rings (SSSR count). The summed E-state index contributed by atoms with van der Waals surface area (Å²) in [5.41, 5.74) is 0.699. The maximum atomic E-state index is 12.3. The van der Waals surface area contributed by atoms with Crippen molar-refractivity contribution >= 4 is 11.6 Å². The highest BCUT2D eigenvalue weighted by atomic mass is 16.5. The van der Waals surface area contributed by atoms with E-state index in [4.69, 9.17) is 9.47 Å². The molecule has 1 saturated carbocycles. The fraction of sp³-hybridized carbons (Fsp3) is 0.650. The standard InChI is InChI=1S/C20H31NO3/c1-5-23-18-9-7-6-8-17(18)21-20(22)13-24-19-12-15(4)10-11-16(19)14(2)3/h6-9,14-16,19H,5,10-13H2,1-4H3,(H,21,22)/t15-,16+,19-/m1/s1. The minimum atomic E-state index is -0.122. The fourth-order valence-corrected chi connectivity index (χ4v) is 3.53. The predicted molar refractivity (Wildman–Crippen MR) is 97.3 cm³/mol. The average molecular weight is 333 g/mol. The van der Waals surface area contributed by atoms with Gasteiger partial charge in [-0.2, -0.15) is 0 Å². The first-order valence-electron chi connectivity index (χ1n) is 9.14. The van der Waals surface area contributed by atoms with Gasteiger partial charge in [0.05, 0.1) is 18.4 Å². The van der Waals surface area contributed by atoms with Crippen molar-refractivity contribution in [1.82, 2.24) is 0 Å². The van der Waals surface area contributed by atoms with Crippen molar-refractivity contribution in [1.29, 1.82) is 0 Å². The molecule has 1 aromatic carbocycles. The number of nitrogens with one attached hydrogen (secondary N) is 1. The maximum absolute atomic E-state index is 12.3. The number of benzene rings is 1. The molecular weight excluding hydrogens is 302 g/mol. The van der Waals surface area contributed by atoms with E-state index in [2.05, 4.69) is 26.1 Å². The van der Waals surface area contributed by atoms with Crippen molar-refractivity contribution in [2.75, 3.05) is 18.5 Å². The Hall–Kier alpha value is -1.55. The van der Waals surface area contributed by atoms with E-state index in [0.717, 1.165) is 6.42 Å². The summed E-state index contributed by atoms with van der Waals surface area (Å²) in [5.74, 6) is 2.38. The van der Waals surface area contributed by atoms with Crippen LogP contribution in [0.15, 0.2) is 24.3 Å². The highest BCUT2D eigenvalue weighted by Crippen LogP contribution is 2.35. The molecule has 0 spiro atoms. The molecule has 3 atom stereocenters. The van der Waals surface area contributed by atoms with Crippen LogP contribution in [-0.2, 0) is 9.53 Å². The van der Waals surface area contributed by atoms with Gasteiger partial charge in [-0.25, -0.2) is 0 Å². The second-order valence-electron chi connectivity index (χ2n) is 7.15. The predicted octanol–water partition coefficient (Wildman–Crippen LogP) is 4.50. The van der Waals surface area contributed by atoms with Crippen LogP contribution in [0.3, 0.4) is 0 Å². The number of hydrogen-bond acceptors (Lipinski definition) is 3. The van der Waals surface area contributed by atoms with E-state index in [9.17, 15) is 4.79 Å². The van der Waals surface area contributed by atoms with Gasteiger partial charge < -0.3 is 14.8 Å². The fourth-order valence-electron chi connectivity index (χ4n) is 3.53. The highest BCUT2D eigenvalue weighted by molar-refractivity contribution is 5.93. The van der Waals surface area contributed by atoms with Crippen molar-refractivity contribution in [2.45, 2.75) is 53.1 Å². The Morgan fingerprint density at radius 3 is 2.75 bits per heavy atom. The van der Waals surface area contributed by atoms with E-state index >= 15 is 0 Å². The number of hydrogen-bond donors (Lipinski definition) is 1. The van der Waals surface area contributed by atoms with Gasteiger partial charge >= 0.3 is 0 Å².